The molecule has 1 amide bonds. The summed E-state index contributed by atoms with van der Waals surface area (Å²) >= 11 is 6.41. The first kappa shape index (κ1) is 30.4. The van der Waals surface area contributed by atoms with E-state index in [1.165, 1.54) is 19.2 Å². The highest BCUT2D eigenvalue weighted by molar-refractivity contribution is 6.32. The van der Waals surface area contributed by atoms with E-state index in [0.717, 1.165) is 25.7 Å². The number of methoxy groups -OCH3 is 1. The fourth-order valence-electron chi connectivity index (χ4n) is 5.15. The van der Waals surface area contributed by atoms with E-state index < -0.39 is 4.92 Å². The van der Waals surface area contributed by atoms with Crippen LogP contribution in [0, 0.1) is 10.1 Å². The van der Waals surface area contributed by atoms with E-state index in [-0.39, 0.29) is 35.8 Å². The number of hydrogen-bond donors (Lipinski definition) is 1. The molecule has 0 radical (unpaired) electrons. The minimum Gasteiger partial charge on any atom is -0.495 e. The van der Waals surface area contributed by atoms with Crippen molar-refractivity contribution in [2.24, 2.45) is 15.7 Å². The maximum atomic E-state index is 13.8. The van der Waals surface area contributed by atoms with Gasteiger partial charge < -0.3 is 19.8 Å². The second-order valence-electron chi connectivity index (χ2n) is 10.2. The normalized spacial score (nSPS) is 14.0. The van der Waals surface area contributed by atoms with Gasteiger partial charge in [0.1, 0.15) is 17.3 Å². The second-order valence-corrected chi connectivity index (χ2v) is 10.6. The molecule has 1 aliphatic carbocycles. The van der Waals surface area contributed by atoms with E-state index in [2.05, 4.69) is 9.98 Å². The Labute approximate surface area is 259 Å². The highest BCUT2D eigenvalue weighted by Gasteiger charge is 2.29. The Hall–Kier alpha value is -5.03. The number of amides is 1. The Morgan fingerprint density at radius 2 is 1.89 bits per heavy atom. The molecule has 4 aromatic rings. The summed E-state index contributed by atoms with van der Waals surface area (Å²) in [5, 5.41) is 11.6. The van der Waals surface area contributed by atoms with Gasteiger partial charge in [-0.05, 0) is 55.3 Å². The molecule has 5 rings (SSSR count). The number of hydrogen-bond acceptors (Lipinski definition) is 7. The zero-order valence-corrected chi connectivity index (χ0v) is 24.8. The maximum absolute atomic E-state index is 13.8. The number of halogens is 1. The number of rotatable bonds is 10. The van der Waals surface area contributed by atoms with Crippen molar-refractivity contribution in [3.05, 3.63) is 111 Å². The molecule has 0 spiro atoms. The van der Waals surface area contributed by atoms with Crippen molar-refractivity contribution in [1.82, 2.24) is 9.88 Å². The van der Waals surface area contributed by atoms with E-state index in [4.69, 9.17) is 31.5 Å². The number of pyridine rings is 1. The molecule has 1 aliphatic rings. The van der Waals surface area contributed by atoms with Gasteiger partial charge in [-0.25, -0.2) is 4.99 Å². The first-order valence-electron chi connectivity index (χ1n) is 14.1. The molecule has 11 nitrogen and oxygen atoms in total. The van der Waals surface area contributed by atoms with Crippen LogP contribution in [-0.2, 0) is 0 Å². The predicted molar refractivity (Wildman–Crippen MR) is 168 cm³/mol. The smallest absolute Gasteiger partial charge is 0.289 e. The highest BCUT2D eigenvalue weighted by Crippen LogP contribution is 2.29. The molecule has 0 bridgehead atoms. The third kappa shape index (κ3) is 7.12. The topological polar surface area (TPSA) is 149 Å². The van der Waals surface area contributed by atoms with Crippen molar-refractivity contribution < 1.29 is 18.9 Å². The van der Waals surface area contributed by atoms with Gasteiger partial charge in [0, 0.05) is 53.8 Å². The quantitative estimate of drug-likeness (QED) is 0.0974. The minimum absolute atomic E-state index is 0.0355. The molecular weight excluding hydrogens is 584 g/mol. The number of aromatic nitrogens is 1. The number of amidine groups is 2. The van der Waals surface area contributed by atoms with Crippen LogP contribution < -0.4 is 10.5 Å². The van der Waals surface area contributed by atoms with Crippen LogP contribution in [0.5, 0.6) is 5.75 Å². The standard InChI is InChI=1S/C32H31ClN6O5/c1-43-28-10-9-23(20-26(28)33)31(37-30(34)21-13-15-35-16-14-21)36-17-18-38(24-6-2-3-7-24)32(40)29-12-11-27(44-29)22-5-4-8-25(19-22)39(41)42/h4-5,8-16,19-20,24H,2-3,6-7,17-18H2,1H3,(H2,34,36,37). The van der Waals surface area contributed by atoms with Gasteiger partial charge >= 0.3 is 0 Å². The Morgan fingerprint density at radius 1 is 1.11 bits per heavy atom. The zero-order chi connectivity index (χ0) is 31.1. The lowest BCUT2D eigenvalue weighted by Gasteiger charge is -2.27. The van der Waals surface area contributed by atoms with Gasteiger partial charge in [-0.2, -0.15) is 0 Å². The van der Waals surface area contributed by atoms with Crippen LogP contribution in [0.4, 0.5) is 5.69 Å². The van der Waals surface area contributed by atoms with Crippen molar-refractivity contribution in [3.8, 4) is 17.1 Å². The molecule has 2 aromatic heterocycles. The number of nitrogens with two attached hydrogens (primary N) is 1. The lowest BCUT2D eigenvalue weighted by molar-refractivity contribution is -0.384. The largest absolute Gasteiger partial charge is 0.495 e. The molecule has 44 heavy (non-hydrogen) atoms. The number of aliphatic imine (C=N–C) groups is 2. The maximum Gasteiger partial charge on any atom is 0.289 e. The highest BCUT2D eigenvalue weighted by atomic mass is 35.5. The van der Waals surface area contributed by atoms with E-state index in [0.29, 0.717) is 45.6 Å². The van der Waals surface area contributed by atoms with E-state index >= 15 is 0 Å². The zero-order valence-electron chi connectivity index (χ0n) is 24.1. The molecule has 1 fully saturated rings. The van der Waals surface area contributed by atoms with E-state index in [1.807, 2.05) is 0 Å². The summed E-state index contributed by atoms with van der Waals surface area (Å²) in [5.74, 6) is 1.39. The molecule has 0 atom stereocenters. The Bertz CT molecular complexity index is 1700. The fraction of sp³-hybridized carbons (Fsp3) is 0.250. The average Bonchev–Trinajstić information content (AvgIpc) is 3.76. The van der Waals surface area contributed by atoms with Gasteiger partial charge in [0.15, 0.2) is 11.6 Å². The fourth-order valence-corrected chi connectivity index (χ4v) is 5.41. The van der Waals surface area contributed by atoms with Gasteiger partial charge in [-0.15, -0.1) is 0 Å². The molecule has 0 saturated heterocycles. The molecule has 2 heterocycles. The lowest BCUT2D eigenvalue weighted by atomic mass is 10.1. The minimum atomic E-state index is -0.469. The van der Waals surface area contributed by atoms with Crippen molar-refractivity contribution in [3.63, 3.8) is 0 Å². The van der Waals surface area contributed by atoms with Crippen molar-refractivity contribution in [2.75, 3.05) is 20.2 Å². The van der Waals surface area contributed by atoms with E-state index in [1.54, 1.807) is 71.9 Å². The summed E-state index contributed by atoms with van der Waals surface area (Å²) in [6, 6.07) is 18.1. The third-order valence-corrected chi connectivity index (χ3v) is 7.69. The molecular formula is C32H31ClN6O5. The van der Waals surface area contributed by atoms with Crippen LogP contribution in [-0.4, -0.2) is 58.6 Å². The summed E-state index contributed by atoms with van der Waals surface area (Å²) in [6.07, 6.45) is 7.06. The van der Waals surface area contributed by atoms with Crippen LogP contribution in [0.3, 0.4) is 0 Å². The number of nitrogens with zero attached hydrogens (tertiary/aromatic N) is 5. The second kappa shape index (κ2) is 14.0. The van der Waals surface area contributed by atoms with Crippen LogP contribution in [0.1, 0.15) is 47.4 Å². The molecule has 226 valence electrons. The number of non-ortho nitro benzene ring substituents is 1. The predicted octanol–water partition coefficient (Wildman–Crippen LogP) is 6.15. The van der Waals surface area contributed by atoms with Crippen LogP contribution in [0.2, 0.25) is 5.02 Å². The van der Waals surface area contributed by atoms with Gasteiger partial charge in [0.25, 0.3) is 11.6 Å². The number of benzene rings is 2. The first-order valence-corrected chi connectivity index (χ1v) is 14.5. The van der Waals surface area contributed by atoms with Crippen LogP contribution in [0.25, 0.3) is 11.3 Å². The number of carbonyl (C=O) groups excluding carboxylic acids is 1. The van der Waals surface area contributed by atoms with Gasteiger partial charge in [-0.1, -0.05) is 36.6 Å². The van der Waals surface area contributed by atoms with Crippen molar-refractivity contribution in [2.45, 2.75) is 31.7 Å². The van der Waals surface area contributed by atoms with Gasteiger partial charge in [0.05, 0.1) is 23.6 Å². The molecule has 0 aliphatic heterocycles. The molecule has 2 N–H and O–H groups in total. The Balaban J connectivity index is 1.41. The van der Waals surface area contributed by atoms with Crippen molar-refractivity contribution >= 4 is 34.9 Å². The molecule has 12 heteroatoms. The summed E-state index contributed by atoms with van der Waals surface area (Å²) in [6.45, 7) is 0.557. The molecule has 1 saturated carbocycles. The molecule has 2 aromatic carbocycles. The van der Waals surface area contributed by atoms with E-state index in [9.17, 15) is 14.9 Å². The van der Waals surface area contributed by atoms with Gasteiger partial charge in [0.2, 0.25) is 0 Å². The summed E-state index contributed by atoms with van der Waals surface area (Å²) in [7, 11) is 1.54. The third-order valence-electron chi connectivity index (χ3n) is 7.40. The van der Waals surface area contributed by atoms with Crippen molar-refractivity contribution in [1.29, 1.82) is 0 Å². The summed E-state index contributed by atoms with van der Waals surface area (Å²) < 4.78 is 11.2. The summed E-state index contributed by atoms with van der Waals surface area (Å²) in [4.78, 5) is 39.7. The number of ether oxygens (including phenoxy) is 1. The SMILES string of the molecule is COc1ccc(C(N=C(N)c2ccncc2)=NCCN(C(=O)c2ccc(-c3cccc([N+](=O)[O-])c3)o2)C2CCCC2)cc1Cl. The number of nitro groups is 1. The molecule has 0 unspecified atom stereocenters. The lowest BCUT2D eigenvalue weighted by Crippen LogP contribution is -2.40. The van der Waals surface area contributed by atoms with Crippen LogP contribution in [0.15, 0.2) is 93.5 Å². The first-order chi connectivity index (χ1) is 21.3. The van der Waals surface area contributed by atoms with Crippen LogP contribution >= 0.6 is 11.6 Å². The Kier molecular flexibility index (Phi) is 9.65. The average molecular weight is 615 g/mol. The van der Waals surface area contributed by atoms with Gasteiger partial charge in [-0.3, -0.25) is 24.9 Å². The monoisotopic (exact) mass is 614 g/mol. The number of nitro benzene ring substituents is 1. The number of furan rings is 1. The summed E-state index contributed by atoms with van der Waals surface area (Å²) in [5.41, 5.74) is 8.11. The number of carbonyl (C=O) groups is 1. The Morgan fingerprint density at radius 3 is 2.59 bits per heavy atom.